The normalized spacial score (nSPS) is 17.9. The molecule has 6 nitrogen and oxygen atoms in total. The van der Waals surface area contributed by atoms with E-state index in [1.807, 2.05) is 24.3 Å². The molecule has 0 bridgehead atoms. The fourth-order valence-electron chi connectivity index (χ4n) is 3.70. The van der Waals surface area contributed by atoms with E-state index in [-0.39, 0.29) is 17.9 Å². The summed E-state index contributed by atoms with van der Waals surface area (Å²) in [6.45, 7) is 0.173. The largest absolute Gasteiger partial charge is 0.507 e. The van der Waals surface area contributed by atoms with Crippen molar-refractivity contribution >= 4 is 17.4 Å². The van der Waals surface area contributed by atoms with Crippen LogP contribution in [0.4, 0.5) is 0 Å². The van der Waals surface area contributed by atoms with Gasteiger partial charge in [0.2, 0.25) is 0 Å². The van der Waals surface area contributed by atoms with Gasteiger partial charge >= 0.3 is 0 Å². The molecule has 1 atom stereocenters. The van der Waals surface area contributed by atoms with Crippen LogP contribution in [0.15, 0.2) is 84.7 Å². The Kier molecular flexibility index (Phi) is 5.30. The average Bonchev–Trinajstić information content (AvgIpc) is 3.04. The fourth-order valence-corrected chi connectivity index (χ4v) is 3.70. The number of para-hydroxylation sites is 1. The zero-order chi connectivity index (χ0) is 21.1. The van der Waals surface area contributed by atoms with Crippen LogP contribution in [0.5, 0.6) is 5.75 Å². The van der Waals surface area contributed by atoms with Crippen LogP contribution in [0.3, 0.4) is 0 Å². The van der Waals surface area contributed by atoms with E-state index in [1.165, 1.54) is 12.0 Å². The van der Waals surface area contributed by atoms with E-state index in [9.17, 15) is 14.7 Å². The number of ether oxygens (including phenoxy) is 1. The van der Waals surface area contributed by atoms with Gasteiger partial charge in [0, 0.05) is 30.1 Å². The topological polar surface area (TPSA) is 79.7 Å². The van der Waals surface area contributed by atoms with Crippen LogP contribution in [0.25, 0.3) is 5.76 Å². The molecular formula is C24H20N2O4. The molecule has 1 aliphatic heterocycles. The predicted molar refractivity (Wildman–Crippen MR) is 112 cm³/mol. The maximum atomic E-state index is 13.0. The van der Waals surface area contributed by atoms with Crippen molar-refractivity contribution in [2.75, 3.05) is 7.11 Å². The first kappa shape index (κ1) is 19.4. The molecule has 4 rings (SSSR count). The molecule has 1 fully saturated rings. The van der Waals surface area contributed by atoms with Gasteiger partial charge in [-0.25, -0.2) is 0 Å². The number of aromatic nitrogens is 1. The summed E-state index contributed by atoms with van der Waals surface area (Å²) in [5, 5.41) is 11.0. The molecule has 1 N–H and O–H groups in total. The first-order valence-electron chi connectivity index (χ1n) is 9.47. The third-order valence-corrected chi connectivity index (χ3v) is 5.10. The molecule has 2 heterocycles. The van der Waals surface area contributed by atoms with Crippen molar-refractivity contribution < 1.29 is 19.4 Å². The number of benzene rings is 2. The lowest BCUT2D eigenvalue weighted by Crippen LogP contribution is -2.29. The second-order valence-corrected chi connectivity index (χ2v) is 6.90. The van der Waals surface area contributed by atoms with E-state index in [2.05, 4.69) is 4.98 Å². The summed E-state index contributed by atoms with van der Waals surface area (Å²) in [6, 6.07) is 18.7. The second-order valence-electron chi connectivity index (χ2n) is 6.90. The van der Waals surface area contributed by atoms with Gasteiger partial charge < -0.3 is 14.7 Å². The van der Waals surface area contributed by atoms with Gasteiger partial charge in [0.25, 0.3) is 11.7 Å². The molecule has 3 aromatic rings. The van der Waals surface area contributed by atoms with Crippen molar-refractivity contribution in [3.8, 4) is 5.75 Å². The third kappa shape index (κ3) is 3.43. The zero-order valence-electron chi connectivity index (χ0n) is 16.4. The summed E-state index contributed by atoms with van der Waals surface area (Å²) >= 11 is 0. The minimum Gasteiger partial charge on any atom is -0.507 e. The highest BCUT2D eigenvalue weighted by Gasteiger charge is 2.47. The average molecular weight is 400 g/mol. The summed E-state index contributed by atoms with van der Waals surface area (Å²) in [5.74, 6) is -1.08. The molecule has 1 saturated heterocycles. The number of carbonyl (C=O) groups excluding carboxylic acids is 2. The van der Waals surface area contributed by atoms with Gasteiger partial charge in [-0.15, -0.1) is 0 Å². The molecule has 6 heteroatoms. The molecule has 1 aromatic heterocycles. The Morgan fingerprint density at radius 1 is 1.03 bits per heavy atom. The Hall–Kier alpha value is -3.93. The molecule has 1 aliphatic rings. The van der Waals surface area contributed by atoms with Crippen molar-refractivity contribution in [2.45, 2.75) is 12.6 Å². The standard InChI is InChI=1S/C24H20N2O4/c1-30-19-12-6-5-11-18(19)21-20(22(27)17-9-3-2-4-10-17)23(28)24(29)26(21)15-16-8-7-13-25-14-16/h2-14,21,27H,15H2,1H3/b22-20-. The number of aliphatic hydroxyl groups excluding tert-OH is 1. The van der Waals surface area contributed by atoms with Gasteiger partial charge in [0.05, 0.1) is 18.7 Å². The van der Waals surface area contributed by atoms with Gasteiger partial charge in [-0.3, -0.25) is 14.6 Å². The third-order valence-electron chi connectivity index (χ3n) is 5.10. The van der Waals surface area contributed by atoms with Crippen LogP contribution in [-0.4, -0.2) is 33.8 Å². The highest BCUT2D eigenvalue weighted by atomic mass is 16.5. The Labute approximate surface area is 174 Å². The minimum atomic E-state index is -0.790. The van der Waals surface area contributed by atoms with Crippen LogP contribution in [0.2, 0.25) is 0 Å². The first-order chi connectivity index (χ1) is 14.6. The van der Waals surface area contributed by atoms with Gasteiger partial charge in [-0.1, -0.05) is 54.6 Å². The van der Waals surface area contributed by atoms with Crippen LogP contribution in [0.1, 0.15) is 22.7 Å². The van der Waals surface area contributed by atoms with Crippen molar-refractivity contribution in [3.63, 3.8) is 0 Å². The molecular weight excluding hydrogens is 380 g/mol. The van der Waals surface area contributed by atoms with E-state index in [0.717, 1.165) is 5.56 Å². The van der Waals surface area contributed by atoms with Gasteiger partial charge in [-0.05, 0) is 17.7 Å². The number of amides is 1. The Morgan fingerprint density at radius 3 is 2.47 bits per heavy atom. The van der Waals surface area contributed by atoms with Crippen LogP contribution in [0, 0.1) is 0 Å². The first-order valence-corrected chi connectivity index (χ1v) is 9.47. The van der Waals surface area contributed by atoms with Gasteiger partial charge in [-0.2, -0.15) is 0 Å². The summed E-state index contributed by atoms with van der Waals surface area (Å²) in [7, 11) is 1.53. The van der Waals surface area contributed by atoms with E-state index in [1.54, 1.807) is 54.9 Å². The number of likely N-dealkylation sites (tertiary alicyclic amines) is 1. The number of aliphatic hydroxyl groups is 1. The Bertz CT molecular complexity index is 1110. The van der Waals surface area contributed by atoms with Crippen LogP contribution >= 0.6 is 0 Å². The summed E-state index contributed by atoms with van der Waals surface area (Å²) in [5.41, 5.74) is 1.91. The molecule has 150 valence electrons. The lowest BCUT2D eigenvalue weighted by molar-refractivity contribution is -0.140. The number of carbonyl (C=O) groups is 2. The number of ketones is 1. The molecule has 0 aliphatic carbocycles. The van der Waals surface area contributed by atoms with E-state index < -0.39 is 17.7 Å². The highest BCUT2D eigenvalue weighted by molar-refractivity contribution is 6.46. The highest BCUT2D eigenvalue weighted by Crippen LogP contribution is 2.43. The van der Waals surface area contributed by atoms with Crippen LogP contribution in [-0.2, 0) is 16.1 Å². The minimum absolute atomic E-state index is 0.0413. The molecule has 2 aromatic carbocycles. The second kappa shape index (κ2) is 8.21. The number of pyridine rings is 1. The SMILES string of the molecule is COc1ccccc1C1/C(=C(/O)c2ccccc2)C(=O)C(=O)N1Cc1cccnc1. The zero-order valence-corrected chi connectivity index (χ0v) is 16.4. The molecule has 30 heavy (non-hydrogen) atoms. The van der Waals surface area contributed by atoms with Crippen molar-refractivity contribution in [3.05, 3.63) is 101 Å². The number of methoxy groups -OCH3 is 1. The van der Waals surface area contributed by atoms with E-state index in [4.69, 9.17) is 4.74 Å². The van der Waals surface area contributed by atoms with E-state index >= 15 is 0 Å². The van der Waals surface area contributed by atoms with E-state index in [0.29, 0.717) is 16.9 Å². The van der Waals surface area contributed by atoms with Crippen molar-refractivity contribution in [2.24, 2.45) is 0 Å². The summed E-state index contributed by atoms with van der Waals surface area (Å²) < 4.78 is 5.49. The number of Topliss-reactive ketones (excluding diaryl/α,β-unsaturated/α-hetero) is 1. The molecule has 1 unspecified atom stereocenters. The number of rotatable bonds is 5. The summed E-state index contributed by atoms with van der Waals surface area (Å²) in [4.78, 5) is 31.6. The Balaban J connectivity index is 1.90. The molecule has 0 saturated carbocycles. The quantitative estimate of drug-likeness (QED) is 0.401. The molecule has 1 amide bonds. The Morgan fingerprint density at radius 2 is 1.77 bits per heavy atom. The van der Waals surface area contributed by atoms with Crippen molar-refractivity contribution in [1.82, 2.24) is 9.88 Å². The van der Waals surface area contributed by atoms with Crippen molar-refractivity contribution in [1.29, 1.82) is 0 Å². The molecule has 0 radical (unpaired) electrons. The summed E-state index contributed by atoms with van der Waals surface area (Å²) in [6.07, 6.45) is 3.29. The fraction of sp³-hybridized carbons (Fsp3) is 0.125. The smallest absolute Gasteiger partial charge is 0.295 e. The number of nitrogens with zero attached hydrogens (tertiary/aromatic N) is 2. The lowest BCUT2D eigenvalue weighted by atomic mass is 9.94. The number of hydrogen-bond donors (Lipinski definition) is 1. The number of hydrogen-bond acceptors (Lipinski definition) is 5. The lowest BCUT2D eigenvalue weighted by Gasteiger charge is -2.26. The van der Waals surface area contributed by atoms with Gasteiger partial charge in [0.1, 0.15) is 11.5 Å². The maximum absolute atomic E-state index is 13.0. The maximum Gasteiger partial charge on any atom is 0.295 e. The molecule has 0 spiro atoms. The van der Waals surface area contributed by atoms with Gasteiger partial charge in [0.15, 0.2) is 0 Å². The monoisotopic (exact) mass is 400 g/mol. The predicted octanol–water partition coefficient (Wildman–Crippen LogP) is 3.71. The van der Waals surface area contributed by atoms with Crippen LogP contribution < -0.4 is 4.74 Å².